The van der Waals surface area contributed by atoms with Crippen LogP contribution in [0.25, 0.3) is 10.9 Å². The monoisotopic (exact) mass is 404 g/mol. The van der Waals surface area contributed by atoms with E-state index in [-0.39, 0.29) is 28.9 Å². The lowest BCUT2D eigenvalue weighted by molar-refractivity contribution is 0.0699. The lowest BCUT2D eigenvalue weighted by Gasteiger charge is -2.34. The minimum Gasteiger partial charge on any atom is -0.336 e. The van der Waals surface area contributed by atoms with Gasteiger partial charge in [0.15, 0.2) is 0 Å². The number of hydrogen-bond acceptors (Lipinski definition) is 4. The lowest BCUT2D eigenvalue weighted by Crippen LogP contribution is -2.50. The van der Waals surface area contributed by atoms with Crippen LogP contribution in [0.15, 0.2) is 53.6 Å². The average molecular weight is 405 g/mol. The summed E-state index contributed by atoms with van der Waals surface area (Å²) in [7, 11) is -3.68. The molecular weight excluding hydrogens is 388 g/mol. The van der Waals surface area contributed by atoms with Crippen LogP contribution in [0.5, 0.6) is 0 Å². The number of aromatic amines is 1. The van der Waals surface area contributed by atoms with Crippen molar-refractivity contribution in [2.75, 3.05) is 26.2 Å². The third kappa shape index (κ3) is 3.20. The fourth-order valence-electron chi connectivity index (χ4n) is 3.24. The van der Waals surface area contributed by atoms with Crippen LogP contribution in [0.2, 0.25) is 5.02 Å². The summed E-state index contributed by atoms with van der Waals surface area (Å²) in [4.78, 5) is 14.6. The molecule has 3 aromatic rings. The predicted molar refractivity (Wildman–Crippen MR) is 102 cm³/mol. The highest BCUT2D eigenvalue weighted by Gasteiger charge is 2.32. The van der Waals surface area contributed by atoms with Gasteiger partial charge in [0.1, 0.15) is 4.90 Å². The van der Waals surface area contributed by atoms with Gasteiger partial charge < -0.3 is 4.90 Å². The number of nitrogens with one attached hydrogen (secondary N) is 1. The number of rotatable bonds is 3. The smallest absolute Gasteiger partial charge is 0.256 e. The Morgan fingerprint density at radius 2 is 1.78 bits per heavy atom. The number of aromatic nitrogens is 2. The number of fused-ring (bicyclic) bond motifs is 1. The number of amides is 1. The van der Waals surface area contributed by atoms with Crippen LogP contribution in [0.4, 0.5) is 0 Å². The number of piperazine rings is 1. The number of nitrogens with zero attached hydrogens (tertiary/aromatic N) is 3. The summed E-state index contributed by atoms with van der Waals surface area (Å²) in [6.45, 7) is 1.07. The number of hydrogen-bond donors (Lipinski definition) is 1. The van der Waals surface area contributed by atoms with Crippen molar-refractivity contribution in [3.63, 3.8) is 0 Å². The molecule has 0 aliphatic carbocycles. The first-order chi connectivity index (χ1) is 13.0. The van der Waals surface area contributed by atoms with Crippen molar-refractivity contribution in [3.8, 4) is 0 Å². The van der Waals surface area contributed by atoms with Crippen LogP contribution in [0.1, 0.15) is 10.4 Å². The van der Waals surface area contributed by atoms with E-state index in [2.05, 4.69) is 10.2 Å². The highest BCUT2D eigenvalue weighted by atomic mass is 35.5. The second-order valence-electron chi connectivity index (χ2n) is 6.27. The molecule has 1 aliphatic heterocycles. The molecule has 1 aliphatic rings. The minimum absolute atomic E-state index is 0.0914. The van der Waals surface area contributed by atoms with E-state index >= 15 is 0 Å². The number of H-pyrrole nitrogens is 1. The van der Waals surface area contributed by atoms with Gasteiger partial charge in [0.2, 0.25) is 10.0 Å². The summed E-state index contributed by atoms with van der Waals surface area (Å²) in [5.74, 6) is -0.139. The van der Waals surface area contributed by atoms with Crippen LogP contribution >= 0.6 is 11.6 Å². The number of benzene rings is 2. The van der Waals surface area contributed by atoms with Crippen LogP contribution in [0.3, 0.4) is 0 Å². The number of carbonyl (C=O) groups is 1. The second kappa shape index (κ2) is 6.95. The van der Waals surface area contributed by atoms with Gasteiger partial charge in [-0.25, -0.2) is 8.42 Å². The van der Waals surface area contributed by atoms with Gasteiger partial charge in [-0.1, -0.05) is 35.9 Å². The number of carbonyl (C=O) groups excluding carboxylic acids is 1. The first kappa shape index (κ1) is 18.0. The Morgan fingerprint density at radius 1 is 1.04 bits per heavy atom. The Morgan fingerprint density at radius 3 is 2.52 bits per heavy atom. The minimum atomic E-state index is -3.68. The SMILES string of the molecule is O=C(c1cccc2cn[nH]c12)N1CCN(S(=O)(=O)c2ccccc2Cl)CC1. The summed E-state index contributed by atoms with van der Waals surface area (Å²) in [6.07, 6.45) is 1.67. The van der Waals surface area contributed by atoms with Crippen LogP contribution in [-0.4, -0.2) is 59.9 Å². The largest absolute Gasteiger partial charge is 0.336 e. The average Bonchev–Trinajstić information content (AvgIpc) is 3.16. The van der Waals surface area contributed by atoms with Gasteiger partial charge in [0, 0.05) is 31.6 Å². The maximum Gasteiger partial charge on any atom is 0.256 e. The first-order valence-electron chi connectivity index (χ1n) is 8.44. The third-order valence-electron chi connectivity index (χ3n) is 4.69. The maximum absolute atomic E-state index is 12.9. The molecule has 1 aromatic heterocycles. The highest BCUT2D eigenvalue weighted by molar-refractivity contribution is 7.89. The van der Waals surface area contributed by atoms with E-state index in [1.807, 2.05) is 12.1 Å². The first-order valence-corrected chi connectivity index (χ1v) is 10.3. The van der Waals surface area contributed by atoms with E-state index in [4.69, 9.17) is 11.6 Å². The molecule has 0 radical (unpaired) electrons. The Bertz CT molecular complexity index is 1100. The Kier molecular flexibility index (Phi) is 4.63. The van der Waals surface area contributed by atoms with Crippen molar-refractivity contribution in [2.45, 2.75) is 4.90 Å². The summed E-state index contributed by atoms with van der Waals surface area (Å²) in [6, 6.07) is 11.8. The zero-order valence-corrected chi connectivity index (χ0v) is 15.9. The van der Waals surface area contributed by atoms with E-state index in [9.17, 15) is 13.2 Å². The highest BCUT2D eigenvalue weighted by Crippen LogP contribution is 2.25. The molecule has 140 valence electrons. The zero-order chi connectivity index (χ0) is 19.0. The molecule has 1 saturated heterocycles. The fraction of sp³-hybridized carbons (Fsp3) is 0.222. The van der Waals surface area contributed by atoms with Gasteiger partial charge in [0.05, 0.1) is 22.3 Å². The topological polar surface area (TPSA) is 86.4 Å². The Balaban J connectivity index is 1.51. The summed E-state index contributed by atoms with van der Waals surface area (Å²) < 4.78 is 27.0. The predicted octanol–water partition coefficient (Wildman–Crippen LogP) is 2.36. The molecule has 4 rings (SSSR count). The summed E-state index contributed by atoms with van der Waals surface area (Å²) in [5.41, 5.74) is 1.22. The second-order valence-corrected chi connectivity index (χ2v) is 8.58. The summed E-state index contributed by atoms with van der Waals surface area (Å²) in [5, 5.41) is 7.89. The van der Waals surface area contributed by atoms with E-state index in [0.29, 0.717) is 24.2 Å². The third-order valence-corrected chi connectivity index (χ3v) is 7.09. The van der Waals surface area contributed by atoms with E-state index in [0.717, 1.165) is 5.39 Å². The van der Waals surface area contributed by atoms with Gasteiger partial charge in [-0.05, 0) is 18.2 Å². The van der Waals surface area contributed by atoms with Gasteiger partial charge >= 0.3 is 0 Å². The molecule has 0 saturated carbocycles. The molecule has 1 amide bonds. The number of sulfonamides is 1. The van der Waals surface area contributed by atoms with Crippen LogP contribution in [0, 0.1) is 0 Å². The molecule has 0 bridgehead atoms. The molecule has 1 N–H and O–H groups in total. The molecule has 1 fully saturated rings. The van der Waals surface area contributed by atoms with Crippen molar-refractivity contribution < 1.29 is 13.2 Å². The lowest BCUT2D eigenvalue weighted by atomic mass is 10.1. The Labute approximate surface area is 161 Å². The molecular formula is C18H17ClN4O3S. The van der Waals surface area contributed by atoms with Gasteiger partial charge in [-0.2, -0.15) is 9.40 Å². The molecule has 9 heteroatoms. The molecule has 2 aromatic carbocycles. The molecule has 0 spiro atoms. The quantitative estimate of drug-likeness (QED) is 0.726. The van der Waals surface area contributed by atoms with Crippen LogP contribution < -0.4 is 0 Å². The van der Waals surface area contributed by atoms with Crippen molar-refractivity contribution in [1.82, 2.24) is 19.4 Å². The Hall–Kier alpha value is -2.42. The molecule has 7 nitrogen and oxygen atoms in total. The van der Waals surface area contributed by atoms with Gasteiger partial charge in [-0.3, -0.25) is 9.89 Å². The van der Waals surface area contributed by atoms with E-state index in [1.54, 1.807) is 35.4 Å². The van der Waals surface area contributed by atoms with Crippen molar-refractivity contribution in [2.24, 2.45) is 0 Å². The fourth-order valence-corrected chi connectivity index (χ4v) is 5.16. The van der Waals surface area contributed by atoms with Crippen molar-refractivity contribution in [1.29, 1.82) is 0 Å². The van der Waals surface area contributed by atoms with E-state index < -0.39 is 10.0 Å². The zero-order valence-electron chi connectivity index (χ0n) is 14.3. The molecule has 27 heavy (non-hydrogen) atoms. The summed E-state index contributed by atoms with van der Waals surface area (Å²) >= 11 is 6.05. The normalized spacial score (nSPS) is 16.0. The molecule has 2 heterocycles. The van der Waals surface area contributed by atoms with Crippen molar-refractivity contribution in [3.05, 3.63) is 59.2 Å². The number of para-hydroxylation sites is 1. The van der Waals surface area contributed by atoms with Crippen LogP contribution in [-0.2, 0) is 10.0 Å². The van der Waals surface area contributed by atoms with Crippen molar-refractivity contribution >= 4 is 38.4 Å². The number of halogens is 1. The van der Waals surface area contributed by atoms with Gasteiger partial charge in [-0.15, -0.1) is 0 Å². The van der Waals surface area contributed by atoms with E-state index in [1.165, 1.54) is 10.4 Å². The molecule has 0 unspecified atom stereocenters. The maximum atomic E-state index is 12.9. The standard InChI is InChI=1S/C18H17ClN4O3S/c19-15-6-1-2-7-16(15)27(25,26)23-10-8-22(9-11-23)18(24)14-5-3-4-13-12-20-21-17(13)14/h1-7,12H,8-11H2,(H,20,21). The van der Waals surface area contributed by atoms with Gasteiger partial charge in [0.25, 0.3) is 5.91 Å². The molecule has 0 atom stereocenters.